The maximum Gasteiger partial charge on any atom is 0.119 e. The second-order valence-corrected chi connectivity index (χ2v) is 3.44. The van der Waals surface area contributed by atoms with Gasteiger partial charge in [0.15, 0.2) is 0 Å². The predicted molar refractivity (Wildman–Crippen MR) is 58.7 cm³/mol. The Morgan fingerprint density at radius 3 is 2.70 bits per heavy atom. The molecule has 0 bridgehead atoms. The Balaban J connectivity index is 3.01. The fourth-order valence-corrected chi connectivity index (χ4v) is 2.32. The van der Waals surface area contributed by atoms with Crippen molar-refractivity contribution in [1.82, 2.24) is 9.55 Å². The highest BCUT2D eigenvalue weighted by Gasteiger charge is 2.01. The lowest BCUT2D eigenvalue weighted by Gasteiger charge is -2.01. The summed E-state index contributed by atoms with van der Waals surface area (Å²) in [6.07, 6.45) is 1.92. The summed E-state index contributed by atoms with van der Waals surface area (Å²) in [6, 6.07) is 0. The molecule has 56 valence electrons. The maximum absolute atomic E-state index is 4.26. The zero-order valence-electron chi connectivity index (χ0n) is 5.64. The third-order valence-corrected chi connectivity index (χ3v) is 2.74. The normalized spacial score (nSPS) is 10.3. The van der Waals surface area contributed by atoms with Crippen LogP contribution in [0.3, 0.4) is 0 Å². The summed E-state index contributed by atoms with van der Waals surface area (Å²) in [5.41, 5.74) is 1.25. The van der Waals surface area contributed by atoms with Gasteiger partial charge in [-0.3, -0.25) is 0 Å². The average molecular weight is 362 g/mol. The first kappa shape index (κ1) is 8.76. The quantitative estimate of drug-likeness (QED) is 0.584. The molecule has 0 saturated heterocycles. The lowest BCUT2D eigenvalue weighted by molar-refractivity contribution is 0.825. The van der Waals surface area contributed by atoms with E-state index in [1.54, 1.807) is 0 Å². The van der Waals surface area contributed by atoms with Crippen molar-refractivity contribution in [3.8, 4) is 0 Å². The summed E-state index contributed by atoms with van der Waals surface area (Å²) in [5.74, 6) is 1.17. The molecule has 0 amide bonds. The molecule has 0 aliphatic heterocycles. The van der Waals surface area contributed by atoms with E-state index in [2.05, 4.69) is 61.7 Å². The molecule has 4 heteroatoms. The van der Waals surface area contributed by atoms with Crippen molar-refractivity contribution in [3.63, 3.8) is 0 Å². The van der Waals surface area contributed by atoms with Crippen LogP contribution in [0.5, 0.6) is 0 Å². The number of hydrogen-bond donors (Lipinski definition) is 0. The number of aromatic nitrogens is 2. The fraction of sp³-hybridized carbons (Fsp3) is 0.500. The standard InChI is InChI=1S/C6H8I2N2/c1-5-3-9-6(2-7)10(5)4-8/h3H,2,4H2,1H3. The zero-order valence-corrected chi connectivity index (χ0v) is 9.96. The molecule has 1 aromatic heterocycles. The van der Waals surface area contributed by atoms with Crippen molar-refractivity contribution in [3.05, 3.63) is 17.7 Å². The molecule has 0 aromatic carbocycles. The van der Waals surface area contributed by atoms with E-state index in [9.17, 15) is 0 Å². The Morgan fingerprint density at radius 2 is 2.30 bits per heavy atom. The molecule has 10 heavy (non-hydrogen) atoms. The maximum atomic E-state index is 4.26. The molecule has 1 heterocycles. The summed E-state index contributed by atoms with van der Waals surface area (Å²) in [5, 5.41) is 0. The van der Waals surface area contributed by atoms with Gasteiger partial charge < -0.3 is 4.57 Å². The minimum Gasteiger partial charge on any atom is -0.322 e. The molecule has 0 aliphatic carbocycles. The van der Waals surface area contributed by atoms with Crippen LogP contribution in [0.2, 0.25) is 0 Å². The first-order valence-electron chi connectivity index (χ1n) is 2.92. The zero-order chi connectivity index (χ0) is 7.56. The van der Waals surface area contributed by atoms with E-state index in [1.165, 1.54) is 11.5 Å². The van der Waals surface area contributed by atoms with E-state index in [0.29, 0.717) is 0 Å². The van der Waals surface area contributed by atoms with E-state index >= 15 is 0 Å². The van der Waals surface area contributed by atoms with Gasteiger partial charge in [0.25, 0.3) is 0 Å². The van der Waals surface area contributed by atoms with E-state index in [4.69, 9.17) is 0 Å². The Kier molecular flexibility index (Phi) is 3.41. The average Bonchev–Trinajstić information content (AvgIpc) is 2.30. The molecule has 0 aliphatic rings. The molecule has 0 unspecified atom stereocenters. The third kappa shape index (κ3) is 1.63. The van der Waals surface area contributed by atoms with Crippen LogP contribution in [0.4, 0.5) is 0 Å². The van der Waals surface area contributed by atoms with Crippen LogP contribution in [0.25, 0.3) is 0 Å². The number of nitrogens with zero attached hydrogens (tertiary/aromatic N) is 2. The SMILES string of the molecule is Cc1cnc(CI)n1CI. The highest BCUT2D eigenvalue weighted by Crippen LogP contribution is 2.09. The second-order valence-electron chi connectivity index (χ2n) is 2.00. The molecule has 0 spiro atoms. The van der Waals surface area contributed by atoms with E-state index in [0.717, 1.165) is 8.98 Å². The highest BCUT2D eigenvalue weighted by atomic mass is 127. The van der Waals surface area contributed by atoms with Crippen LogP contribution >= 0.6 is 45.2 Å². The fourth-order valence-electron chi connectivity index (χ4n) is 0.781. The number of hydrogen-bond acceptors (Lipinski definition) is 1. The number of rotatable bonds is 2. The summed E-state index contributed by atoms with van der Waals surface area (Å²) < 4.78 is 4.21. The van der Waals surface area contributed by atoms with Crippen molar-refractivity contribution in [2.45, 2.75) is 15.9 Å². The lowest BCUT2D eigenvalue weighted by atomic mass is 10.5. The highest BCUT2D eigenvalue weighted by molar-refractivity contribution is 14.1. The number of alkyl halides is 2. The van der Waals surface area contributed by atoms with Crippen LogP contribution in [-0.4, -0.2) is 9.55 Å². The van der Waals surface area contributed by atoms with Crippen LogP contribution < -0.4 is 0 Å². The van der Waals surface area contributed by atoms with Gasteiger partial charge in [0.2, 0.25) is 0 Å². The monoisotopic (exact) mass is 362 g/mol. The van der Waals surface area contributed by atoms with Gasteiger partial charge in [-0.15, -0.1) is 0 Å². The number of imidazole rings is 1. The molecule has 1 rings (SSSR count). The topological polar surface area (TPSA) is 17.8 Å². The van der Waals surface area contributed by atoms with Crippen LogP contribution in [0.15, 0.2) is 6.20 Å². The van der Waals surface area contributed by atoms with Gasteiger partial charge in [-0.25, -0.2) is 4.98 Å². The van der Waals surface area contributed by atoms with Crippen molar-refractivity contribution < 1.29 is 0 Å². The summed E-state index contributed by atoms with van der Waals surface area (Å²) >= 11 is 4.67. The van der Waals surface area contributed by atoms with Gasteiger partial charge in [0, 0.05) is 11.9 Å². The summed E-state index contributed by atoms with van der Waals surface area (Å²) in [7, 11) is 0. The minimum atomic E-state index is 0.995. The smallest absolute Gasteiger partial charge is 0.119 e. The van der Waals surface area contributed by atoms with Crippen molar-refractivity contribution in [2.75, 3.05) is 0 Å². The van der Waals surface area contributed by atoms with Gasteiger partial charge in [0.05, 0.1) is 8.98 Å². The number of halogens is 2. The van der Waals surface area contributed by atoms with Gasteiger partial charge in [-0.1, -0.05) is 45.2 Å². The Labute approximate surface area is 87.7 Å². The van der Waals surface area contributed by atoms with Crippen molar-refractivity contribution in [1.29, 1.82) is 0 Å². The van der Waals surface area contributed by atoms with Crippen molar-refractivity contribution in [2.24, 2.45) is 0 Å². The minimum absolute atomic E-state index is 0.995. The first-order valence-corrected chi connectivity index (χ1v) is 5.97. The largest absolute Gasteiger partial charge is 0.322 e. The van der Waals surface area contributed by atoms with E-state index in [-0.39, 0.29) is 0 Å². The first-order chi connectivity index (χ1) is 4.79. The van der Waals surface area contributed by atoms with Gasteiger partial charge in [0.1, 0.15) is 5.82 Å². The van der Waals surface area contributed by atoms with Gasteiger partial charge in [-0.2, -0.15) is 0 Å². The molecule has 2 nitrogen and oxygen atoms in total. The number of aryl methyl sites for hydroxylation is 1. The lowest BCUT2D eigenvalue weighted by Crippen LogP contribution is -1.98. The molecule has 0 N–H and O–H groups in total. The molecule has 0 radical (unpaired) electrons. The van der Waals surface area contributed by atoms with Crippen LogP contribution in [0, 0.1) is 6.92 Å². The van der Waals surface area contributed by atoms with Crippen LogP contribution in [0.1, 0.15) is 11.5 Å². The van der Waals surface area contributed by atoms with Gasteiger partial charge in [-0.05, 0) is 6.92 Å². The third-order valence-electron chi connectivity index (χ3n) is 1.38. The predicted octanol–water partition coefficient (Wildman–Crippen LogP) is 2.52. The van der Waals surface area contributed by atoms with Crippen molar-refractivity contribution >= 4 is 45.2 Å². The summed E-state index contributed by atoms with van der Waals surface area (Å²) in [4.78, 5) is 4.26. The molecule has 0 saturated carbocycles. The second kappa shape index (κ2) is 3.89. The Morgan fingerprint density at radius 1 is 1.60 bits per heavy atom. The Hall–Kier alpha value is 0.670. The summed E-state index contributed by atoms with van der Waals surface area (Å²) in [6.45, 7) is 2.08. The van der Waals surface area contributed by atoms with E-state index < -0.39 is 0 Å². The molecule has 1 aromatic rings. The van der Waals surface area contributed by atoms with Gasteiger partial charge >= 0.3 is 0 Å². The van der Waals surface area contributed by atoms with E-state index in [1.807, 2.05) is 6.20 Å². The molecule has 0 atom stereocenters. The molecular weight excluding hydrogens is 354 g/mol. The Bertz CT molecular complexity index is 220. The van der Waals surface area contributed by atoms with Crippen LogP contribution in [-0.2, 0) is 8.98 Å². The molecule has 0 fully saturated rings. The molecular formula is C6H8I2N2.